The lowest BCUT2D eigenvalue weighted by Crippen LogP contribution is -2.47. The number of nitrogens with one attached hydrogen (secondary N) is 2. The molecule has 0 aromatic heterocycles. The van der Waals surface area contributed by atoms with E-state index in [0.717, 1.165) is 0 Å². The van der Waals surface area contributed by atoms with Gasteiger partial charge >= 0.3 is 6.18 Å². The molecule has 0 aliphatic heterocycles. The molecule has 0 spiro atoms. The number of halogens is 3. The van der Waals surface area contributed by atoms with Gasteiger partial charge in [-0.3, -0.25) is 4.79 Å². The van der Waals surface area contributed by atoms with Gasteiger partial charge in [-0.15, -0.1) is 11.8 Å². The van der Waals surface area contributed by atoms with Crippen LogP contribution in [-0.2, 0) is 4.79 Å². The lowest BCUT2D eigenvalue weighted by molar-refractivity contribution is -0.121. The molecule has 0 fully saturated rings. The Morgan fingerprint density at radius 2 is 1.85 bits per heavy atom. The molecule has 0 heterocycles. The van der Waals surface area contributed by atoms with Gasteiger partial charge in [-0.25, -0.2) is 0 Å². The third kappa shape index (κ3) is 5.05. The normalized spacial score (nSPS) is 12.3. The minimum absolute atomic E-state index is 0.306. The number of rotatable bonds is 5. The van der Waals surface area contributed by atoms with E-state index in [1.165, 1.54) is 0 Å². The molecule has 2 N–H and O–H groups in total. The van der Waals surface area contributed by atoms with Gasteiger partial charge in [-0.05, 0) is 33.0 Å². The maximum absolute atomic E-state index is 12.3. The van der Waals surface area contributed by atoms with Crippen LogP contribution in [0.2, 0.25) is 0 Å². The first-order valence-corrected chi connectivity index (χ1v) is 6.93. The number of amides is 1. The Kier molecular flexibility index (Phi) is 5.47. The van der Waals surface area contributed by atoms with Crippen LogP contribution in [0, 0.1) is 0 Å². The van der Waals surface area contributed by atoms with Crippen molar-refractivity contribution in [3.8, 4) is 0 Å². The summed E-state index contributed by atoms with van der Waals surface area (Å²) in [5, 5.41) is 5.49. The molecule has 1 amide bonds. The Labute approximate surface area is 120 Å². The SMILES string of the molecule is CNC(C)(C)C(=O)Nc1ccccc1SCC(F)(F)F. The number of hydrogen-bond donors (Lipinski definition) is 2. The molecule has 1 rings (SSSR count). The van der Waals surface area contributed by atoms with Crippen LogP contribution in [0.1, 0.15) is 13.8 Å². The van der Waals surface area contributed by atoms with Gasteiger partial charge in [0.05, 0.1) is 17.0 Å². The minimum atomic E-state index is -4.24. The largest absolute Gasteiger partial charge is 0.398 e. The summed E-state index contributed by atoms with van der Waals surface area (Å²) in [6.07, 6.45) is -4.24. The maximum Gasteiger partial charge on any atom is 0.398 e. The van der Waals surface area contributed by atoms with Crippen molar-refractivity contribution in [1.29, 1.82) is 0 Å². The van der Waals surface area contributed by atoms with Crippen molar-refractivity contribution in [1.82, 2.24) is 5.32 Å². The van der Waals surface area contributed by atoms with E-state index in [4.69, 9.17) is 0 Å². The van der Waals surface area contributed by atoms with Gasteiger partial charge in [0.25, 0.3) is 0 Å². The fourth-order valence-electron chi connectivity index (χ4n) is 1.25. The third-order valence-corrected chi connectivity index (χ3v) is 3.86. The Hall–Kier alpha value is -1.21. The van der Waals surface area contributed by atoms with E-state index in [9.17, 15) is 18.0 Å². The Balaban J connectivity index is 2.83. The van der Waals surface area contributed by atoms with Crippen LogP contribution < -0.4 is 10.6 Å². The Morgan fingerprint density at radius 1 is 1.25 bits per heavy atom. The van der Waals surface area contributed by atoms with E-state index in [2.05, 4.69) is 10.6 Å². The lowest BCUT2D eigenvalue weighted by Gasteiger charge is -2.23. The zero-order valence-electron chi connectivity index (χ0n) is 11.5. The summed E-state index contributed by atoms with van der Waals surface area (Å²) in [6, 6.07) is 6.44. The van der Waals surface area contributed by atoms with Gasteiger partial charge in [-0.2, -0.15) is 13.2 Å². The van der Waals surface area contributed by atoms with Crippen molar-refractivity contribution in [2.24, 2.45) is 0 Å². The highest BCUT2D eigenvalue weighted by Crippen LogP contribution is 2.32. The molecular formula is C13H17F3N2OS. The van der Waals surface area contributed by atoms with Crippen molar-refractivity contribution in [3.63, 3.8) is 0 Å². The van der Waals surface area contributed by atoms with Crippen molar-refractivity contribution in [2.45, 2.75) is 30.5 Å². The molecular weight excluding hydrogens is 289 g/mol. The molecule has 1 aromatic rings. The standard InChI is InChI=1S/C13H17F3N2OS/c1-12(2,17-3)11(19)18-9-6-4-5-7-10(9)20-8-13(14,15)16/h4-7,17H,8H2,1-3H3,(H,18,19). The number of hydrogen-bond acceptors (Lipinski definition) is 3. The van der Waals surface area contributed by atoms with Crippen molar-refractivity contribution < 1.29 is 18.0 Å². The van der Waals surface area contributed by atoms with Gasteiger partial charge in [-0.1, -0.05) is 12.1 Å². The monoisotopic (exact) mass is 306 g/mol. The van der Waals surface area contributed by atoms with Gasteiger partial charge in [0.2, 0.25) is 5.91 Å². The first-order chi connectivity index (χ1) is 9.15. The molecule has 0 aliphatic rings. The predicted octanol–water partition coefficient (Wildman–Crippen LogP) is 3.28. The summed E-state index contributed by atoms with van der Waals surface area (Å²) >= 11 is 0.654. The van der Waals surface area contributed by atoms with E-state index in [1.807, 2.05) is 0 Å². The maximum atomic E-state index is 12.3. The Bertz CT molecular complexity index is 475. The predicted molar refractivity (Wildman–Crippen MR) is 75.0 cm³/mol. The quantitative estimate of drug-likeness (QED) is 0.820. The van der Waals surface area contributed by atoms with Crippen molar-refractivity contribution >= 4 is 23.4 Å². The molecule has 0 saturated carbocycles. The third-order valence-electron chi connectivity index (χ3n) is 2.72. The molecule has 3 nitrogen and oxygen atoms in total. The molecule has 0 unspecified atom stereocenters. The van der Waals surface area contributed by atoms with Crippen LogP contribution in [0.4, 0.5) is 18.9 Å². The van der Waals surface area contributed by atoms with E-state index in [-0.39, 0.29) is 5.91 Å². The number of para-hydroxylation sites is 1. The topological polar surface area (TPSA) is 41.1 Å². The smallest absolute Gasteiger partial charge is 0.323 e. The minimum Gasteiger partial charge on any atom is -0.323 e. The summed E-state index contributed by atoms with van der Waals surface area (Å²) in [5.74, 6) is -1.30. The van der Waals surface area contributed by atoms with Crippen LogP contribution in [0.3, 0.4) is 0 Å². The van der Waals surface area contributed by atoms with Crippen molar-refractivity contribution in [3.05, 3.63) is 24.3 Å². The van der Waals surface area contributed by atoms with Gasteiger partial charge in [0.15, 0.2) is 0 Å². The average molecular weight is 306 g/mol. The molecule has 0 atom stereocenters. The molecule has 7 heteroatoms. The molecule has 1 aromatic carbocycles. The zero-order valence-corrected chi connectivity index (χ0v) is 12.3. The molecule has 112 valence electrons. The molecule has 0 aliphatic carbocycles. The van der Waals surface area contributed by atoms with E-state index in [0.29, 0.717) is 22.3 Å². The first kappa shape index (κ1) is 16.8. The second-order valence-electron chi connectivity index (χ2n) is 4.73. The van der Waals surface area contributed by atoms with Gasteiger partial charge < -0.3 is 10.6 Å². The fraction of sp³-hybridized carbons (Fsp3) is 0.462. The lowest BCUT2D eigenvalue weighted by atomic mass is 10.1. The summed E-state index contributed by atoms with van der Waals surface area (Å²) < 4.78 is 36.8. The number of carbonyl (C=O) groups excluding carboxylic acids is 1. The van der Waals surface area contributed by atoms with Crippen LogP contribution in [0.15, 0.2) is 29.2 Å². The summed E-state index contributed by atoms with van der Waals surface area (Å²) in [7, 11) is 1.64. The number of anilines is 1. The number of carbonyl (C=O) groups is 1. The highest BCUT2D eigenvalue weighted by molar-refractivity contribution is 7.99. The van der Waals surface area contributed by atoms with Crippen LogP contribution in [0.25, 0.3) is 0 Å². The van der Waals surface area contributed by atoms with Crippen LogP contribution in [0.5, 0.6) is 0 Å². The molecule has 0 saturated heterocycles. The van der Waals surface area contributed by atoms with Crippen molar-refractivity contribution in [2.75, 3.05) is 18.1 Å². The van der Waals surface area contributed by atoms with Crippen LogP contribution >= 0.6 is 11.8 Å². The highest BCUT2D eigenvalue weighted by Gasteiger charge is 2.29. The number of alkyl halides is 3. The van der Waals surface area contributed by atoms with E-state index in [1.54, 1.807) is 45.2 Å². The molecule has 20 heavy (non-hydrogen) atoms. The Morgan fingerprint density at radius 3 is 2.40 bits per heavy atom. The first-order valence-electron chi connectivity index (χ1n) is 5.94. The van der Waals surface area contributed by atoms with Gasteiger partial charge in [0, 0.05) is 4.90 Å². The van der Waals surface area contributed by atoms with E-state index < -0.39 is 17.5 Å². The summed E-state index contributed by atoms with van der Waals surface area (Å²) in [5.41, 5.74) is -0.419. The highest BCUT2D eigenvalue weighted by atomic mass is 32.2. The fourth-order valence-corrected chi connectivity index (χ4v) is 2.02. The molecule has 0 radical (unpaired) electrons. The average Bonchev–Trinajstić information content (AvgIpc) is 2.36. The number of benzene rings is 1. The second-order valence-corrected chi connectivity index (χ2v) is 5.75. The zero-order chi connectivity index (χ0) is 15.4. The van der Waals surface area contributed by atoms with Gasteiger partial charge in [0.1, 0.15) is 0 Å². The summed E-state index contributed by atoms with van der Waals surface area (Å²) in [4.78, 5) is 12.4. The molecule has 0 bridgehead atoms. The van der Waals surface area contributed by atoms with E-state index >= 15 is 0 Å². The number of likely N-dealkylation sites (N-methyl/N-ethyl adjacent to an activating group) is 1. The van der Waals surface area contributed by atoms with Crippen LogP contribution in [-0.4, -0.2) is 30.4 Å². The number of thioether (sulfide) groups is 1. The summed E-state index contributed by atoms with van der Waals surface area (Å²) in [6.45, 7) is 3.38. The second kappa shape index (κ2) is 6.49.